The van der Waals surface area contributed by atoms with Gasteiger partial charge in [0.1, 0.15) is 6.04 Å². The highest BCUT2D eigenvalue weighted by atomic mass is 35.5. The topological polar surface area (TPSA) is 84.7 Å². The Kier molecular flexibility index (Phi) is 6.57. The van der Waals surface area contributed by atoms with Gasteiger partial charge in [0.05, 0.1) is 17.5 Å². The zero-order chi connectivity index (χ0) is 24.4. The van der Waals surface area contributed by atoms with Crippen molar-refractivity contribution in [1.82, 2.24) is 19.7 Å². The van der Waals surface area contributed by atoms with Crippen molar-refractivity contribution >= 4 is 40.9 Å². The molecular formula is C26H23ClN6OS. The van der Waals surface area contributed by atoms with Gasteiger partial charge in [0.25, 0.3) is 5.91 Å². The smallest absolute Gasteiger partial charge is 0.255 e. The molecule has 0 spiro atoms. The first-order chi connectivity index (χ1) is 17.0. The lowest BCUT2D eigenvalue weighted by Crippen LogP contribution is -2.31. The quantitative estimate of drug-likeness (QED) is 0.321. The van der Waals surface area contributed by atoms with E-state index in [9.17, 15) is 4.79 Å². The molecule has 176 valence electrons. The highest BCUT2D eigenvalue weighted by Gasteiger charge is 2.34. The Hall–Kier alpha value is -3.62. The number of thioether (sulfide) groups is 1. The van der Waals surface area contributed by atoms with E-state index in [1.165, 1.54) is 11.8 Å². The van der Waals surface area contributed by atoms with Gasteiger partial charge in [-0.15, -0.1) is 5.10 Å². The summed E-state index contributed by atoms with van der Waals surface area (Å²) in [6.07, 6.45) is 3.29. The molecule has 0 bridgehead atoms. The lowest BCUT2D eigenvalue weighted by molar-refractivity contribution is -0.113. The fraction of sp³-hybridized carbons (Fsp3) is 0.154. The number of nitrogens with zero attached hydrogens (tertiary/aromatic N) is 4. The van der Waals surface area contributed by atoms with Crippen molar-refractivity contribution in [3.05, 3.63) is 106 Å². The molecule has 0 unspecified atom stereocenters. The van der Waals surface area contributed by atoms with Gasteiger partial charge in [0.15, 0.2) is 0 Å². The minimum absolute atomic E-state index is 0.222. The van der Waals surface area contributed by atoms with E-state index < -0.39 is 6.04 Å². The number of anilines is 2. The van der Waals surface area contributed by atoms with Gasteiger partial charge in [0.2, 0.25) is 11.1 Å². The van der Waals surface area contributed by atoms with Crippen molar-refractivity contribution in [2.24, 2.45) is 0 Å². The number of carbonyl (C=O) groups excluding carboxylic acids is 1. The molecule has 9 heteroatoms. The van der Waals surface area contributed by atoms with Gasteiger partial charge in [0, 0.05) is 22.7 Å². The van der Waals surface area contributed by atoms with Crippen LogP contribution in [-0.4, -0.2) is 25.7 Å². The predicted octanol–water partition coefficient (Wildman–Crippen LogP) is 5.85. The van der Waals surface area contributed by atoms with Crippen molar-refractivity contribution < 1.29 is 4.79 Å². The zero-order valence-electron chi connectivity index (χ0n) is 19.2. The molecule has 1 aliphatic heterocycles. The number of aryl methyl sites for hydroxylation is 1. The molecule has 0 radical (unpaired) electrons. The van der Waals surface area contributed by atoms with E-state index in [4.69, 9.17) is 21.7 Å². The average Bonchev–Trinajstić information content (AvgIpc) is 3.26. The normalized spacial score (nSPS) is 14.9. The number of hydrogen-bond donors (Lipinski definition) is 2. The van der Waals surface area contributed by atoms with Crippen LogP contribution in [0.3, 0.4) is 0 Å². The van der Waals surface area contributed by atoms with Crippen molar-refractivity contribution in [1.29, 1.82) is 0 Å². The number of benzene rings is 2. The van der Waals surface area contributed by atoms with Gasteiger partial charge in [-0.2, -0.15) is 4.98 Å². The number of fused-ring (bicyclic) bond motifs is 1. The second-order valence-electron chi connectivity index (χ2n) is 8.22. The van der Waals surface area contributed by atoms with Crippen molar-refractivity contribution in [3.8, 4) is 0 Å². The molecule has 7 nitrogen and oxygen atoms in total. The molecule has 2 aromatic carbocycles. The van der Waals surface area contributed by atoms with Crippen molar-refractivity contribution in [2.45, 2.75) is 30.8 Å². The molecule has 2 aromatic heterocycles. The fourth-order valence-electron chi connectivity index (χ4n) is 3.94. The Balaban J connectivity index is 1.49. The summed E-state index contributed by atoms with van der Waals surface area (Å²) < 4.78 is 1.78. The summed E-state index contributed by atoms with van der Waals surface area (Å²) in [5.41, 5.74) is 5.01. The maximum absolute atomic E-state index is 13.5. The van der Waals surface area contributed by atoms with E-state index in [0.717, 1.165) is 22.4 Å². The highest BCUT2D eigenvalue weighted by molar-refractivity contribution is 7.98. The standard InChI is InChI=1S/C26H23ClN6OS/c1-16-9-11-18(12-10-16)23-22(24(34)30-20-7-5-13-28-14-20)17(2)29-25-31-26(32-33(23)25)35-15-19-6-3-4-8-21(19)27/h3-14,23H,15H2,1-2H3,(H,30,34)(H,29,31,32)/t23-/m1/s1. The Morgan fingerprint density at radius 3 is 2.66 bits per heavy atom. The van der Waals surface area contributed by atoms with Crippen LogP contribution in [-0.2, 0) is 10.5 Å². The Bertz CT molecular complexity index is 1400. The number of aromatic nitrogens is 4. The van der Waals surface area contributed by atoms with Gasteiger partial charge < -0.3 is 10.6 Å². The molecule has 0 saturated heterocycles. The molecule has 5 rings (SSSR count). The number of halogens is 1. The van der Waals surface area contributed by atoms with Gasteiger partial charge >= 0.3 is 0 Å². The maximum atomic E-state index is 13.5. The summed E-state index contributed by atoms with van der Waals surface area (Å²) >= 11 is 7.82. The molecule has 1 aliphatic rings. The lowest BCUT2D eigenvalue weighted by Gasteiger charge is -2.28. The number of pyridine rings is 1. The second-order valence-corrected chi connectivity index (χ2v) is 9.57. The van der Waals surface area contributed by atoms with Crippen LogP contribution >= 0.6 is 23.4 Å². The predicted molar refractivity (Wildman–Crippen MR) is 140 cm³/mol. The number of amides is 1. The summed E-state index contributed by atoms with van der Waals surface area (Å²) in [6, 6.07) is 19.0. The molecule has 1 amide bonds. The van der Waals surface area contributed by atoms with Crippen LogP contribution in [0.25, 0.3) is 0 Å². The summed E-state index contributed by atoms with van der Waals surface area (Å²) in [5.74, 6) is 1.01. The first kappa shape index (κ1) is 23.1. The summed E-state index contributed by atoms with van der Waals surface area (Å²) in [7, 11) is 0. The van der Waals surface area contributed by atoms with Crippen LogP contribution < -0.4 is 10.6 Å². The first-order valence-corrected chi connectivity index (χ1v) is 12.4. The monoisotopic (exact) mass is 502 g/mol. The molecule has 1 atom stereocenters. The molecule has 0 fully saturated rings. The fourth-order valence-corrected chi connectivity index (χ4v) is 5.05. The van der Waals surface area contributed by atoms with Gasteiger partial charge in [-0.25, -0.2) is 4.68 Å². The zero-order valence-corrected chi connectivity index (χ0v) is 20.8. The van der Waals surface area contributed by atoms with Crippen LogP contribution in [0, 0.1) is 6.92 Å². The maximum Gasteiger partial charge on any atom is 0.255 e. The number of rotatable bonds is 6. The second kappa shape index (κ2) is 9.93. The average molecular weight is 503 g/mol. The van der Waals surface area contributed by atoms with Crippen LogP contribution in [0.4, 0.5) is 11.6 Å². The summed E-state index contributed by atoms with van der Waals surface area (Å²) in [5, 5.41) is 12.3. The number of nitrogens with one attached hydrogen (secondary N) is 2. The molecular weight excluding hydrogens is 480 g/mol. The van der Waals surface area contributed by atoms with E-state index in [1.807, 2.05) is 68.4 Å². The van der Waals surface area contributed by atoms with Gasteiger partial charge in [-0.1, -0.05) is 71.4 Å². The van der Waals surface area contributed by atoms with Crippen LogP contribution in [0.5, 0.6) is 0 Å². The molecule has 2 N–H and O–H groups in total. The minimum Gasteiger partial charge on any atom is -0.328 e. The molecule has 4 aromatic rings. The number of hydrogen-bond acceptors (Lipinski definition) is 6. The minimum atomic E-state index is -0.439. The molecule has 0 aliphatic carbocycles. The molecule has 3 heterocycles. The Morgan fingerprint density at radius 2 is 1.91 bits per heavy atom. The van der Waals surface area contributed by atoms with E-state index in [0.29, 0.717) is 33.1 Å². The summed E-state index contributed by atoms with van der Waals surface area (Å²) in [6.45, 7) is 3.92. The SMILES string of the molecule is CC1=C(C(=O)Nc2cccnc2)[C@@H](c2ccc(C)cc2)n2nc(SCc3ccccc3Cl)nc2N1. The number of allylic oxidation sites excluding steroid dienone is 1. The molecule has 0 saturated carbocycles. The highest BCUT2D eigenvalue weighted by Crippen LogP contribution is 2.37. The Labute approximate surface area is 212 Å². The Morgan fingerprint density at radius 1 is 1.11 bits per heavy atom. The van der Waals surface area contributed by atoms with E-state index in [-0.39, 0.29) is 5.91 Å². The lowest BCUT2D eigenvalue weighted by atomic mass is 9.94. The van der Waals surface area contributed by atoms with Crippen molar-refractivity contribution in [3.63, 3.8) is 0 Å². The largest absolute Gasteiger partial charge is 0.328 e. The van der Waals surface area contributed by atoms with Crippen LogP contribution in [0.2, 0.25) is 5.02 Å². The van der Waals surface area contributed by atoms with Gasteiger partial charge in [-0.3, -0.25) is 9.78 Å². The third-order valence-corrected chi connectivity index (χ3v) is 6.96. The van der Waals surface area contributed by atoms with E-state index in [2.05, 4.69) is 15.6 Å². The van der Waals surface area contributed by atoms with Crippen molar-refractivity contribution in [2.75, 3.05) is 10.6 Å². The van der Waals surface area contributed by atoms with E-state index in [1.54, 1.807) is 23.1 Å². The van der Waals surface area contributed by atoms with Gasteiger partial charge in [-0.05, 0) is 43.2 Å². The summed E-state index contributed by atoms with van der Waals surface area (Å²) in [4.78, 5) is 22.3. The first-order valence-electron chi connectivity index (χ1n) is 11.1. The number of carbonyl (C=O) groups is 1. The van der Waals surface area contributed by atoms with E-state index >= 15 is 0 Å². The van der Waals surface area contributed by atoms with Crippen LogP contribution in [0.1, 0.15) is 29.7 Å². The third kappa shape index (κ3) is 4.94. The molecule has 35 heavy (non-hydrogen) atoms. The third-order valence-electron chi connectivity index (χ3n) is 5.70. The van der Waals surface area contributed by atoms with Crippen LogP contribution in [0.15, 0.2) is 89.5 Å².